The van der Waals surface area contributed by atoms with Gasteiger partial charge in [0.2, 0.25) is 5.13 Å². The van der Waals surface area contributed by atoms with Gasteiger partial charge in [-0.05, 0) is 25.2 Å². The summed E-state index contributed by atoms with van der Waals surface area (Å²) < 4.78 is 4.37. The molecule has 90 valence electrons. The average molecular weight is 304 g/mol. The summed E-state index contributed by atoms with van der Waals surface area (Å²) in [5.74, 6) is 1.83. The van der Waals surface area contributed by atoms with Crippen LogP contribution in [0.4, 0.5) is 5.13 Å². The molecular formula is C11H18BrN3S. The maximum atomic E-state index is 4.55. The van der Waals surface area contributed by atoms with Crippen molar-refractivity contribution in [2.24, 2.45) is 5.92 Å². The largest absolute Gasteiger partial charge is 0.350 e. The molecule has 0 aliphatic heterocycles. The number of halogens is 1. The Kier molecular flexibility index (Phi) is 4.19. The van der Waals surface area contributed by atoms with Crippen LogP contribution in [-0.2, 0) is 6.42 Å². The third-order valence-corrected chi connectivity index (χ3v) is 4.58. The number of alkyl halides is 1. The molecule has 1 aliphatic rings. The fourth-order valence-electron chi connectivity index (χ4n) is 1.99. The highest BCUT2D eigenvalue weighted by molar-refractivity contribution is 9.09. The third kappa shape index (κ3) is 2.94. The smallest absolute Gasteiger partial charge is 0.204 e. The van der Waals surface area contributed by atoms with Gasteiger partial charge in [-0.3, -0.25) is 0 Å². The highest BCUT2D eigenvalue weighted by Crippen LogP contribution is 2.34. The van der Waals surface area contributed by atoms with Crippen LogP contribution < -0.4 is 4.90 Å². The molecule has 0 radical (unpaired) electrons. The molecule has 1 aromatic rings. The van der Waals surface area contributed by atoms with Crippen LogP contribution >= 0.6 is 27.5 Å². The zero-order chi connectivity index (χ0) is 11.5. The molecule has 0 saturated heterocycles. The van der Waals surface area contributed by atoms with E-state index in [0.29, 0.717) is 0 Å². The second kappa shape index (κ2) is 5.45. The van der Waals surface area contributed by atoms with Crippen molar-refractivity contribution in [3.63, 3.8) is 0 Å². The maximum absolute atomic E-state index is 4.55. The first-order chi connectivity index (χ1) is 7.69. The number of aromatic nitrogens is 2. The van der Waals surface area contributed by atoms with E-state index in [1.54, 1.807) is 0 Å². The summed E-state index contributed by atoms with van der Waals surface area (Å²) in [4.78, 5) is 7.55. The monoisotopic (exact) mass is 303 g/mol. The third-order valence-electron chi connectivity index (χ3n) is 2.97. The van der Waals surface area contributed by atoms with Crippen molar-refractivity contribution in [3.05, 3.63) is 5.82 Å². The van der Waals surface area contributed by atoms with Gasteiger partial charge in [-0.1, -0.05) is 22.9 Å². The van der Waals surface area contributed by atoms with Gasteiger partial charge >= 0.3 is 0 Å². The van der Waals surface area contributed by atoms with Crippen LogP contribution in [0.5, 0.6) is 0 Å². The SMILES string of the molecule is CCCc1nsc(N(C)CC2CC(Br)C2)n1. The first-order valence-electron chi connectivity index (χ1n) is 5.86. The van der Waals surface area contributed by atoms with Crippen LogP contribution in [-0.4, -0.2) is 27.8 Å². The molecule has 1 fully saturated rings. The highest BCUT2D eigenvalue weighted by atomic mass is 79.9. The van der Waals surface area contributed by atoms with Crippen LogP contribution in [0.3, 0.4) is 0 Å². The highest BCUT2D eigenvalue weighted by Gasteiger charge is 2.28. The quantitative estimate of drug-likeness (QED) is 0.783. The second-order valence-corrected chi connectivity index (χ2v) is 6.58. The zero-order valence-electron chi connectivity index (χ0n) is 9.82. The first-order valence-corrected chi connectivity index (χ1v) is 7.55. The molecular weight excluding hydrogens is 286 g/mol. The molecule has 1 aliphatic carbocycles. The van der Waals surface area contributed by atoms with E-state index in [1.807, 2.05) is 0 Å². The van der Waals surface area contributed by atoms with Crippen LogP contribution in [0.25, 0.3) is 0 Å². The Bertz CT molecular complexity index is 336. The van der Waals surface area contributed by atoms with Gasteiger partial charge in [-0.25, -0.2) is 4.98 Å². The van der Waals surface area contributed by atoms with Gasteiger partial charge in [0.05, 0.1) is 0 Å². The number of hydrogen-bond donors (Lipinski definition) is 0. The predicted octanol–water partition coefficient (Wildman–Crippen LogP) is 3.10. The van der Waals surface area contributed by atoms with E-state index in [1.165, 1.54) is 24.4 Å². The first kappa shape index (κ1) is 12.3. The van der Waals surface area contributed by atoms with Crippen molar-refractivity contribution in [2.45, 2.75) is 37.4 Å². The summed E-state index contributed by atoms with van der Waals surface area (Å²) in [7, 11) is 2.12. The van der Waals surface area contributed by atoms with Gasteiger partial charge in [0.1, 0.15) is 5.82 Å². The Hall–Kier alpha value is -0.160. The summed E-state index contributed by atoms with van der Waals surface area (Å²) in [6.07, 6.45) is 4.71. The molecule has 1 aromatic heterocycles. The van der Waals surface area contributed by atoms with Gasteiger partial charge in [0.25, 0.3) is 0 Å². The lowest BCUT2D eigenvalue weighted by Crippen LogP contribution is -2.34. The summed E-state index contributed by atoms with van der Waals surface area (Å²) in [6, 6.07) is 0. The lowest BCUT2D eigenvalue weighted by Gasteiger charge is -2.34. The lowest BCUT2D eigenvalue weighted by atomic mass is 9.85. The number of aryl methyl sites for hydroxylation is 1. The normalized spacial score (nSPS) is 24.2. The number of rotatable bonds is 5. The minimum atomic E-state index is 0.746. The molecule has 0 spiro atoms. The summed E-state index contributed by atoms with van der Waals surface area (Å²) >= 11 is 5.16. The fourth-order valence-corrected chi connectivity index (χ4v) is 3.73. The topological polar surface area (TPSA) is 29.0 Å². The number of hydrogen-bond acceptors (Lipinski definition) is 4. The molecule has 0 aromatic carbocycles. The Morgan fingerprint density at radius 1 is 1.50 bits per heavy atom. The molecule has 1 heterocycles. The minimum absolute atomic E-state index is 0.746. The van der Waals surface area contributed by atoms with Gasteiger partial charge in [0.15, 0.2) is 0 Å². The van der Waals surface area contributed by atoms with E-state index < -0.39 is 0 Å². The minimum Gasteiger partial charge on any atom is -0.350 e. The van der Waals surface area contributed by atoms with E-state index >= 15 is 0 Å². The average Bonchev–Trinajstić information content (AvgIpc) is 2.64. The standard InChI is InChI=1S/C11H18BrN3S/c1-3-4-10-13-11(16-14-10)15(2)7-8-5-9(12)6-8/h8-9H,3-7H2,1-2H3. The van der Waals surface area contributed by atoms with Crippen molar-refractivity contribution >= 4 is 32.6 Å². The Morgan fingerprint density at radius 3 is 2.88 bits per heavy atom. The van der Waals surface area contributed by atoms with E-state index in [2.05, 4.69) is 44.2 Å². The molecule has 2 rings (SSSR count). The predicted molar refractivity (Wildman–Crippen MR) is 72.6 cm³/mol. The molecule has 16 heavy (non-hydrogen) atoms. The van der Waals surface area contributed by atoms with E-state index in [0.717, 1.165) is 41.1 Å². The number of nitrogens with zero attached hydrogens (tertiary/aromatic N) is 3. The van der Waals surface area contributed by atoms with Crippen LogP contribution in [0.15, 0.2) is 0 Å². The van der Waals surface area contributed by atoms with Crippen molar-refractivity contribution in [3.8, 4) is 0 Å². The molecule has 0 N–H and O–H groups in total. The summed E-state index contributed by atoms with van der Waals surface area (Å²) in [5, 5.41) is 1.07. The molecule has 0 bridgehead atoms. The Balaban J connectivity index is 1.85. The maximum Gasteiger partial charge on any atom is 0.204 e. The number of anilines is 1. The Labute approximate surface area is 110 Å². The van der Waals surface area contributed by atoms with E-state index in [9.17, 15) is 0 Å². The molecule has 0 amide bonds. The zero-order valence-corrected chi connectivity index (χ0v) is 12.2. The van der Waals surface area contributed by atoms with E-state index in [-0.39, 0.29) is 0 Å². The van der Waals surface area contributed by atoms with Crippen LogP contribution in [0.2, 0.25) is 0 Å². The molecule has 0 atom stereocenters. The summed E-state index contributed by atoms with van der Waals surface area (Å²) in [6.45, 7) is 3.28. The van der Waals surface area contributed by atoms with Crippen LogP contribution in [0, 0.1) is 5.92 Å². The summed E-state index contributed by atoms with van der Waals surface area (Å²) in [5.41, 5.74) is 0. The molecule has 1 saturated carbocycles. The lowest BCUT2D eigenvalue weighted by molar-refractivity contribution is 0.339. The van der Waals surface area contributed by atoms with Gasteiger partial charge in [0, 0.05) is 36.4 Å². The molecule has 5 heteroatoms. The van der Waals surface area contributed by atoms with Crippen molar-refractivity contribution < 1.29 is 0 Å². The second-order valence-electron chi connectivity index (χ2n) is 4.56. The van der Waals surface area contributed by atoms with Crippen molar-refractivity contribution in [1.82, 2.24) is 9.36 Å². The van der Waals surface area contributed by atoms with Gasteiger partial charge in [-0.2, -0.15) is 4.37 Å². The molecule has 0 unspecified atom stereocenters. The fraction of sp³-hybridized carbons (Fsp3) is 0.818. The van der Waals surface area contributed by atoms with Gasteiger partial charge in [-0.15, -0.1) is 0 Å². The van der Waals surface area contributed by atoms with Gasteiger partial charge < -0.3 is 4.90 Å². The van der Waals surface area contributed by atoms with Crippen molar-refractivity contribution in [1.29, 1.82) is 0 Å². The Morgan fingerprint density at radius 2 is 2.25 bits per heavy atom. The molecule has 3 nitrogen and oxygen atoms in total. The van der Waals surface area contributed by atoms with Crippen LogP contribution in [0.1, 0.15) is 32.0 Å². The van der Waals surface area contributed by atoms with Crippen molar-refractivity contribution in [2.75, 3.05) is 18.5 Å². The van der Waals surface area contributed by atoms with E-state index in [4.69, 9.17) is 0 Å².